The number of hydrogen-bond donors (Lipinski definition) is 1. The molecule has 1 heterocycles. The summed E-state index contributed by atoms with van der Waals surface area (Å²) in [6.45, 7) is 1.62. The maximum atomic E-state index is 11.0. The number of nitrogens with zero attached hydrogens (tertiary/aromatic N) is 2. The van der Waals surface area contributed by atoms with Crippen LogP contribution in [0, 0.1) is 0 Å². The highest BCUT2D eigenvalue weighted by molar-refractivity contribution is 9.10. The number of hydrogen-bond acceptors (Lipinski definition) is 3. The van der Waals surface area contributed by atoms with E-state index in [-0.39, 0.29) is 0 Å². The van der Waals surface area contributed by atoms with Gasteiger partial charge in [0.05, 0.1) is 17.1 Å². The van der Waals surface area contributed by atoms with Gasteiger partial charge in [-0.25, -0.2) is 9.97 Å². The van der Waals surface area contributed by atoms with Crippen molar-refractivity contribution in [3.05, 3.63) is 34.7 Å². The second kappa shape index (κ2) is 4.17. The molecule has 0 saturated heterocycles. The first kappa shape index (κ1) is 11.0. The van der Waals surface area contributed by atoms with Gasteiger partial charge in [0, 0.05) is 9.86 Å². The Kier molecular flexibility index (Phi) is 2.87. The van der Waals surface area contributed by atoms with Gasteiger partial charge in [-0.3, -0.25) is 4.79 Å². The van der Waals surface area contributed by atoms with Crippen LogP contribution in [0.2, 0.25) is 0 Å². The summed E-state index contributed by atoms with van der Waals surface area (Å²) in [6.07, 6.45) is 1.39. The zero-order chi connectivity index (χ0) is 11.7. The van der Waals surface area contributed by atoms with Crippen LogP contribution < -0.4 is 0 Å². The van der Waals surface area contributed by atoms with Crippen molar-refractivity contribution in [1.82, 2.24) is 9.97 Å². The zero-order valence-corrected chi connectivity index (χ0v) is 10.1. The van der Waals surface area contributed by atoms with E-state index >= 15 is 0 Å². The fourth-order valence-electron chi connectivity index (χ4n) is 1.51. The van der Waals surface area contributed by atoms with Crippen LogP contribution in [0.5, 0.6) is 0 Å². The quantitative estimate of drug-likeness (QED) is 0.919. The number of aliphatic carboxylic acids is 1. The maximum Gasteiger partial charge on any atom is 0.312 e. The van der Waals surface area contributed by atoms with E-state index in [2.05, 4.69) is 25.9 Å². The molecule has 0 aliphatic rings. The Morgan fingerprint density at radius 3 is 2.88 bits per heavy atom. The number of aromatic nitrogens is 2. The van der Waals surface area contributed by atoms with Gasteiger partial charge >= 0.3 is 5.97 Å². The van der Waals surface area contributed by atoms with Gasteiger partial charge in [0.25, 0.3) is 0 Å². The molecule has 0 aliphatic heterocycles. The Morgan fingerprint density at radius 2 is 2.19 bits per heavy atom. The normalized spacial score (nSPS) is 12.6. The number of benzene rings is 1. The molecule has 1 atom stereocenters. The minimum absolute atomic E-state index is 0.541. The summed E-state index contributed by atoms with van der Waals surface area (Å²) in [6, 6.07) is 5.54. The molecule has 0 spiro atoms. The van der Waals surface area contributed by atoms with E-state index < -0.39 is 11.9 Å². The van der Waals surface area contributed by atoms with Crippen molar-refractivity contribution < 1.29 is 9.90 Å². The standard InChI is InChI=1S/C11H9BrN2O2/c1-6(11(15)16)10-8-4-7(12)2-3-9(8)13-5-14-10/h2-6H,1H3,(H,15,16). The first-order chi connectivity index (χ1) is 7.59. The van der Waals surface area contributed by atoms with Crippen LogP contribution in [0.4, 0.5) is 0 Å². The van der Waals surface area contributed by atoms with E-state index in [9.17, 15) is 4.79 Å². The van der Waals surface area contributed by atoms with Crippen LogP contribution in [0.3, 0.4) is 0 Å². The Labute approximate surface area is 100 Å². The first-order valence-corrected chi connectivity index (χ1v) is 5.52. The number of carbonyl (C=O) groups is 1. The molecule has 1 unspecified atom stereocenters. The highest BCUT2D eigenvalue weighted by Crippen LogP contribution is 2.25. The molecule has 2 aromatic rings. The van der Waals surface area contributed by atoms with Gasteiger partial charge < -0.3 is 5.11 Å². The molecule has 82 valence electrons. The summed E-state index contributed by atoms with van der Waals surface area (Å²) in [5.41, 5.74) is 1.29. The van der Waals surface area contributed by atoms with E-state index in [1.807, 2.05) is 18.2 Å². The van der Waals surface area contributed by atoms with Crippen LogP contribution in [0.1, 0.15) is 18.5 Å². The molecule has 16 heavy (non-hydrogen) atoms. The van der Waals surface area contributed by atoms with Gasteiger partial charge in [0.1, 0.15) is 6.33 Å². The van der Waals surface area contributed by atoms with Crippen LogP contribution in [-0.2, 0) is 4.79 Å². The Morgan fingerprint density at radius 1 is 1.44 bits per heavy atom. The monoisotopic (exact) mass is 280 g/mol. The Bertz CT molecular complexity index is 557. The number of fused-ring (bicyclic) bond motifs is 1. The van der Waals surface area contributed by atoms with Gasteiger partial charge in [-0.2, -0.15) is 0 Å². The van der Waals surface area contributed by atoms with Crippen molar-refractivity contribution in [2.45, 2.75) is 12.8 Å². The third kappa shape index (κ3) is 1.90. The molecule has 4 nitrogen and oxygen atoms in total. The fraction of sp³-hybridized carbons (Fsp3) is 0.182. The third-order valence-electron chi connectivity index (χ3n) is 2.41. The van der Waals surface area contributed by atoms with Gasteiger partial charge in [0.15, 0.2) is 0 Å². The molecule has 1 N–H and O–H groups in total. The molecule has 0 saturated carbocycles. The van der Waals surface area contributed by atoms with Crippen LogP contribution in [0.15, 0.2) is 29.0 Å². The summed E-state index contributed by atoms with van der Waals surface area (Å²) >= 11 is 3.35. The lowest BCUT2D eigenvalue weighted by atomic mass is 10.0. The smallest absolute Gasteiger partial charge is 0.312 e. The first-order valence-electron chi connectivity index (χ1n) is 4.72. The van der Waals surface area contributed by atoms with E-state index in [1.54, 1.807) is 6.92 Å². The average molecular weight is 281 g/mol. The van der Waals surface area contributed by atoms with E-state index in [4.69, 9.17) is 5.11 Å². The highest BCUT2D eigenvalue weighted by atomic mass is 79.9. The predicted molar refractivity (Wildman–Crippen MR) is 63.3 cm³/mol. The third-order valence-corrected chi connectivity index (χ3v) is 2.90. The summed E-state index contributed by atoms with van der Waals surface area (Å²) in [5, 5.41) is 9.76. The number of carboxylic acid groups (broad SMARTS) is 1. The molecule has 0 aliphatic carbocycles. The van der Waals surface area contributed by atoms with Gasteiger partial charge in [-0.05, 0) is 25.1 Å². The fourth-order valence-corrected chi connectivity index (χ4v) is 1.87. The van der Waals surface area contributed by atoms with Crippen molar-refractivity contribution in [3.63, 3.8) is 0 Å². The maximum absolute atomic E-state index is 11.0. The number of halogens is 1. The lowest BCUT2D eigenvalue weighted by molar-refractivity contribution is -0.138. The number of rotatable bonds is 2. The van der Waals surface area contributed by atoms with Crippen molar-refractivity contribution in [3.8, 4) is 0 Å². The minimum atomic E-state index is -0.889. The summed E-state index contributed by atoms with van der Waals surface area (Å²) in [7, 11) is 0. The van der Waals surface area contributed by atoms with Gasteiger partial charge in [-0.15, -0.1) is 0 Å². The number of carboxylic acids is 1. The molecule has 5 heteroatoms. The van der Waals surface area contributed by atoms with Gasteiger partial charge in [0.2, 0.25) is 0 Å². The second-order valence-corrected chi connectivity index (χ2v) is 4.40. The molecule has 0 bridgehead atoms. The molecular formula is C11H9BrN2O2. The van der Waals surface area contributed by atoms with Crippen molar-refractivity contribution in [2.75, 3.05) is 0 Å². The molecular weight excluding hydrogens is 272 g/mol. The topological polar surface area (TPSA) is 63.1 Å². The SMILES string of the molecule is CC(C(=O)O)c1ncnc2ccc(Br)cc12. The lowest BCUT2D eigenvalue weighted by Gasteiger charge is -2.08. The average Bonchev–Trinajstić information content (AvgIpc) is 2.27. The van der Waals surface area contributed by atoms with E-state index in [0.717, 1.165) is 15.4 Å². The van der Waals surface area contributed by atoms with Crippen LogP contribution >= 0.6 is 15.9 Å². The molecule has 0 radical (unpaired) electrons. The Hall–Kier alpha value is -1.49. The Balaban J connectivity index is 2.69. The van der Waals surface area contributed by atoms with Crippen LogP contribution in [0.25, 0.3) is 10.9 Å². The summed E-state index contributed by atoms with van der Waals surface area (Å²) in [4.78, 5) is 19.1. The second-order valence-electron chi connectivity index (χ2n) is 3.48. The van der Waals surface area contributed by atoms with Crippen molar-refractivity contribution >= 4 is 32.8 Å². The molecule has 0 amide bonds. The largest absolute Gasteiger partial charge is 0.481 e. The summed E-state index contributed by atoms with van der Waals surface area (Å²) in [5.74, 6) is -1.53. The molecule has 0 fully saturated rings. The van der Waals surface area contributed by atoms with Gasteiger partial charge in [-0.1, -0.05) is 15.9 Å². The van der Waals surface area contributed by atoms with Crippen LogP contribution in [-0.4, -0.2) is 21.0 Å². The highest BCUT2D eigenvalue weighted by Gasteiger charge is 2.18. The minimum Gasteiger partial charge on any atom is -0.481 e. The molecule has 1 aromatic heterocycles. The van der Waals surface area contributed by atoms with E-state index in [0.29, 0.717) is 5.69 Å². The summed E-state index contributed by atoms with van der Waals surface area (Å²) < 4.78 is 0.883. The molecule has 1 aromatic carbocycles. The van der Waals surface area contributed by atoms with Crippen molar-refractivity contribution in [1.29, 1.82) is 0 Å². The lowest BCUT2D eigenvalue weighted by Crippen LogP contribution is -2.10. The van der Waals surface area contributed by atoms with E-state index in [1.165, 1.54) is 6.33 Å². The van der Waals surface area contributed by atoms with Crippen molar-refractivity contribution in [2.24, 2.45) is 0 Å². The predicted octanol–water partition coefficient (Wildman–Crippen LogP) is 2.58. The molecule has 2 rings (SSSR count). The zero-order valence-electron chi connectivity index (χ0n) is 8.51.